The highest BCUT2D eigenvalue weighted by molar-refractivity contribution is 7.15. The number of rotatable bonds is 7. The van der Waals surface area contributed by atoms with Crippen LogP contribution < -0.4 is 16.7 Å². The SMILES string of the molecule is CNC(=O)c1ccccc1-c1ccc(Cn2cnn(CC(CN)=C(F)F)c2=O)s1. The number of hydrogen-bond acceptors (Lipinski definition) is 5. The van der Waals surface area contributed by atoms with Crippen LogP contribution >= 0.6 is 11.3 Å². The van der Waals surface area contributed by atoms with E-state index in [0.717, 1.165) is 20.0 Å². The van der Waals surface area contributed by atoms with Gasteiger partial charge in [-0.3, -0.25) is 9.36 Å². The standard InChI is InChI=1S/C19H19F2N5O2S/c1-23-18(27)15-5-3-2-4-14(15)16-7-6-13(29-16)10-25-11-24-26(19(25)28)9-12(8-22)17(20)21/h2-7,11H,8-10,22H2,1H3,(H,23,27). The molecule has 3 N–H and O–H groups in total. The van der Waals surface area contributed by atoms with Crippen molar-refractivity contribution in [2.45, 2.75) is 13.1 Å². The van der Waals surface area contributed by atoms with Crippen LogP contribution in [0.2, 0.25) is 0 Å². The maximum absolute atomic E-state index is 12.8. The number of aromatic nitrogens is 3. The van der Waals surface area contributed by atoms with E-state index in [4.69, 9.17) is 5.73 Å². The predicted molar refractivity (Wildman–Crippen MR) is 107 cm³/mol. The lowest BCUT2D eigenvalue weighted by molar-refractivity contribution is 0.0963. The van der Waals surface area contributed by atoms with Gasteiger partial charge in [-0.05, 0) is 18.2 Å². The van der Waals surface area contributed by atoms with Gasteiger partial charge in [0.1, 0.15) is 6.33 Å². The number of nitrogens with two attached hydrogens (primary N) is 1. The summed E-state index contributed by atoms with van der Waals surface area (Å²) in [5, 5.41) is 6.51. The average Bonchev–Trinajstić information content (AvgIpc) is 3.33. The Hall–Kier alpha value is -3.11. The van der Waals surface area contributed by atoms with Crippen molar-refractivity contribution in [3.8, 4) is 10.4 Å². The van der Waals surface area contributed by atoms with Crippen LogP contribution in [0.25, 0.3) is 10.4 Å². The third-order valence-electron chi connectivity index (χ3n) is 4.30. The molecule has 0 saturated heterocycles. The zero-order valence-electron chi connectivity index (χ0n) is 15.6. The summed E-state index contributed by atoms with van der Waals surface area (Å²) in [5.41, 5.74) is 5.81. The minimum atomic E-state index is -1.90. The molecule has 10 heteroatoms. The van der Waals surface area contributed by atoms with Crippen LogP contribution in [0.1, 0.15) is 15.2 Å². The first-order valence-electron chi connectivity index (χ1n) is 8.70. The van der Waals surface area contributed by atoms with Crippen molar-refractivity contribution in [2.75, 3.05) is 13.6 Å². The summed E-state index contributed by atoms with van der Waals surface area (Å²) in [5.74, 6) is -0.183. The van der Waals surface area contributed by atoms with Gasteiger partial charge in [-0.1, -0.05) is 18.2 Å². The number of nitrogens with zero attached hydrogens (tertiary/aromatic N) is 3. The molecule has 1 aromatic carbocycles. The molecule has 3 rings (SSSR count). The molecule has 3 aromatic rings. The van der Waals surface area contributed by atoms with Gasteiger partial charge in [0, 0.05) is 40.0 Å². The summed E-state index contributed by atoms with van der Waals surface area (Å²) in [6.45, 7) is -0.452. The van der Waals surface area contributed by atoms with E-state index < -0.39 is 11.8 Å². The molecule has 0 bridgehead atoms. The van der Waals surface area contributed by atoms with Gasteiger partial charge < -0.3 is 11.1 Å². The maximum atomic E-state index is 12.8. The summed E-state index contributed by atoms with van der Waals surface area (Å²) in [6.07, 6.45) is -0.587. The number of thiophene rings is 1. The molecular formula is C19H19F2N5O2S. The number of benzene rings is 1. The second kappa shape index (κ2) is 8.93. The fourth-order valence-electron chi connectivity index (χ4n) is 2.78. The zero-order valence-corrected chi connectivity index (χ0v) is 16.4. The van der Waals surface area contributed by atoms with Crippen molar-refractivity contribution in [3.63, 3.8) is 0 Å². The minimum absolute atomic E-state index is 0.183. The molecule has 0 saturated carbocycles. The molecule has 2 aromatic heterocycles. The van der Waals surface area contributed by atoms with E-state index in [0.29, 0.717) is 5.56 Å². The Labute approximate surface area is 169 Å². The van der Waals surface area contributed by atoms with Crippen LogP contribution in [0.5, 0.6) is 0 Å². The smallest absolute Gasteiger partial charge is 0.346 e. The quantitative estimate of drug-likeness (QED) is 0.614. The number of carbonyl (C=O) groups is 1. The molecular weight excluding hydrogens is 400 g/mol. The van der Waals surface area contributed by atoms with Crippen molar-refractivity contribution >= 4 is 17.2 Å². The van der Waals surface area contributed by atoms with Crippen molar-refractivity contribution in [1.82, 2.24) is 19.7 Å². The van der Waals surface area contributed by atoms with E-state index >= 15 is 0 Å². The van der Waals surface area contributed by atoms with Crippen LogP contribution in [0.15, 0.2) is 59.2 Å². The molecule has 7 nitrogen and oxygen atoms in total. The van der Waals surface area contributed by atoms with Gasteiger partial charge in [-0.15, -0.1) is 11.3 Å². The fraction of sp³-hybridized carbons (Fsp3) is 0.211. The molecule has 0 aliphatic heterocycles. The second-order valence-corrected chi connectivity index (χ2v) is 7.33. The van der Waals surface area contributed by atoms with Gasteiger partial charge in [0.05, 0.1) is 13.1 Å². The number of carbonyl (C=O) groups excluding carboxylic acids is 1. The molecule has 0 aliphatic rings. The number of amides is 1. The van der Waals surface area contributed by atoms with Crippen LogP contribution in [-0.2, 0) is 13.1 Å². The summed E-state index contributed by atoms with van der Waals surface area (Å²) in [4.78, 5) is 26.2. The molecule has 29 heavy (non-hydrogen) atoms. The lowest BCUT2D eigenvalue weighted by atomic mass is 10.1. The third-order valence-corrected chi connectivity index (χ3v) is 5.41. The maximum Gasteiger partial charge on any atom is 0.346 e. The Morgan fingerprint density at radius 3 is 2.69 bits per heavy atom. The van der Waals surface area contributed by atoms with Gasteiger partial charge in [-0.2, -0.15) is 13.9 Å². The number of halogens is 2. The summed E-state index contributed by atoms with van der Waals surface area (Å²) >= 11 is 1.44. The Morgan fingerprint density at radius 2 is 2.00 bits per heavy atom. The monoisotopic (exact) mass is 419 g/mol. The Bertz CT molecular complexity index is 1110. The first-order chi connectivity index (χ1) is 13.9. The fourth-order valence-corrected chi connectivity index (χ4v) is 3.82. The summed E-state index contributed by atoms with van der Waals surface area (Å²) in [7, 11) is 1.57. The third kappa shape index (κ3) is 4.49. The first kappa shape index (κ1) is 20.6. The largest absolute Gasteiger partial charge is 0.355 e. The topological polar surface area (TPSA) is 94.9 Å². The highest BCUT2D eigenvalue weighted by Gasteiger charge is 2.14. The van der Waals surface area contributed by atoms with Gasteiger partial charge >= 0.3 is 5.69 Å². The molecule has 0 radical (unpaired) electrons. The zero-order chi connectivity index (χ0) is 21.0. The molecule has 1 amide bonds. The van der Waals surface area contributed by atoms with Crippen molar-refractivity contribution in [1.29, 1.82) is 0 Å². The Kier molecular flexibility index (Phi) is 6.35. The molecule has 0 spiro atoms. The second-order valence-electron chi connectivity index (χ2n) is 6.16. The lowest BCUT2D eigenvalue weighted by Crippen LogP contribution is -2.27. The highest BCUT2D eigenvalue weighted by Crippen LogP contribution is 2.31. The Balaban J connectivity index is 1.83. The predicted octanol–water partition coefficient (Wildman–Crippen LogP) is 2.29. The normalized spacial score (nSPS) is 10.8. The molecule has 0 unspecified atom stereocenters. The van der Waals surface area contributed by atoms with E-state index in [1.54, 1.807) is 19.2 Å². The van der Waals surface area contributed by atoms with Crippen LogP contribution in [-0.4, -0.2) is 33.8 Å². The molecule has 0 aliphatic carbocycles. The van der Waals surface area contributed by atoms with Gasteiger partial charge in [0.2, 0.25) is 0 Å². The van der Waals surface area contributed by atoms with Crippen molar-refractivity contribution < 1.29 is 13.6 Å². The van der Waals surface area contributed by atoms with Crippen molar-refractivity contribution in [3.05, 3.63) is 75.3 Å². The van der Waals surface area contributed by atoms with Gasteiger partial charge in [-0.25, -0.2) is 9.48 Å². The molecule has 2 heterocycles. The van der Waals surface area contributed by atoms with Crippen LogP contribution in [0.3, 0.4) is 0 Å². The van der Waals surface area contributed by atoms with E-state index in [-0.39, 0.29) is 31.1 Å². The van der Waals surface area contributed by atoms with Gasteiger partial charge in [0.15, 0.2) is 0 Å². The van der Waals surface area contributed by atoms with E-state index in [9.17, 15) is 18.4 Å². The summed E-state index contributed by atoms with van der Waals surface area (Å²) < 4.78 is 27.8. The van der Waals surface area contributed by atoms with Crippen LogP contribution in [0, 0.1) is 0 Å². The first-order valence-corrected chi connectivity index (χ1v) is 9.51. The minimum Gasteiger partial charge on any atom is -0.355 e. The van der Waals surface area contributed by atoms with E-state index in [2.05, 4.69) is 10.4 Å². The molecule has 0 atom stereocenters. The van der Waals surface area contributed by atoms with E-state index in [1.807, 2.05) is 24.3 Å². The molecule has 0 fully saturated rings. The van der Waals surface area contributed by atoms with Crippen molar-refractivity contribution in [2.24, 2.45) is 5.73 Å². The lowest BCUT2D eigenvalue weighted by Gasteiger charge is -2.06. The average molecular weight is 419 g/mol. The van der Waals surface area contributed by atoms with Crippen LogP contribution in [0.4, 0.5) is 8.78 Å². The van der Waals surface area contributed by atoms with Gasteiger partial charge in [0.25, 0.3) is 12.0 Å². The number of nitrogens with one attached hydrogen (secondary N) is 1. The number of hydrogen-bond donors (Lipinski definition) is 2. The molecule has 152 valence electrons. The van der Waals surface area contributed by atoms with E-state index in [1.165, 1.54) is 22.2 Å². The summed E-state index contributed by atoms with van der Waals surface area (Å²) in [6, 6.07) is 11.0. The highest BCUT2D eigenvalue weighted by atomic mass is 32.1. The Morgan fingerprint density at radius 1 is 1.24 bits per heavy atom.